The normalized spacial score (nSPS) is 14.0. The number of anilines is 1. The number of hydrogen-bond donors (Lipinski definition) is 0. The van der Waals surface area contributed by atoms with Gasteiger partial charge in [0, 0.05) is 24.2 Å². The molecule has 4 heteroatoms. The minimum absolute atomic E-state index is 0.532. The highest BCUT2D eigenvalue weighted by Gasteiger charge is 2.30. The first kappa shape index (κ1) is 12.7. The maximum Gasteiger partial charge on any atom is 0.136 e. The summed E-state index contributed by atoms with van der Waals surface area (Å²) in [7, 11) is 1.67. The summed E-state index contributed by atoms with van der Waals surface area (Å²) in [4.78, 5) is 6.83. The Morgan fingerprint density at radius 2 is 2.25 bits per heavy atom. The molecule has 102 valence electrons. The number of nitrogens with zero attached hydrogens (tertiary/aromatic N) is 3. The molecule has 0 aliphatic heterocycles. The van der Waals surface area contributed by atoms with Crippen molar-refractivity contribution in [3.8, 4) is 11.8 Å². The molecule has 4 nitrogen and oxygen atoms in total. The summed E-state index contributed by atoms with van der Waals surface area (Å²) in [6.45, 7) is 0.749. The van der Waals surface area contributed by atoms with E-state index in [1.807, 2.05) is 24.4 Å². The molecule has 3 rings (SSSR count). The van der Waals surface area contributed by atoms with Crippen LogP contribution in [-0.2, 0) is 0 Å². The Labute approximate surface area is 118 Å². The van der Waals surface area contributed by atoms with E-state index in [4.69, 9.17) is 10.00 Å². The van der Waals surface area contributed by atoms with Crippen molar-refractivity contribution in [1.29, 1.82) is 5.26 Å². The van der Waals surface area contributed by atoms with Crippen LogP contribution in [0.25, 0.3) is 10.8 Å². The highest BCUT2D eigenvalue weighted by Crippen LogP contribution is 2.35. The van der Waals surface area contributed by atoms with Crippen LogP contribution in [0.3, 0.4) is 0 Å². The van der Waals surface area contributed by atoms with E-state index in [0.29, 0.717) is 12.5 Å². The Morgan fingerprint density at radius 3 is 2.95 bits per heavy atom. The standard InChI is InChI=1S/C16H17N3O/c1-20-14-5-6-15-12(11-14)7-9-18-16(15)19(10-2-8-17)13-3-4-13/h5-7,9,11,13H,2-4,10H2,1H3. The third kappa shape index (κ3) is 2.39. The predicted octanol–water partition coefficient (Wildman–Crippen LogP) is 3.13. The zero-order chi connectivity index (χ0) is 13.9. The molecule has 1 aliphatic carbocycles. The molecule has 20 heavy (non-hydrogen) atoms. The molecule has 1 saturated carbocycles. The second-order valence-corrected chi connectivity index (χ2v) is 5.05. The number of ether oxygens (including phenoxy) is 1. The van der Waals surface area contributed by atoms with Gasteiger partial charge in [-0.1, -0.05) is 0 Å². The summed E-state index contributed by atoms with van der Waals surface area (Å²) in [6, 6.07) is 10.8. The van der Waals surface area contributed by atoms with Crippen molar-refractivity contribution < 1.29 is 4.74 Å². The SMILES string of the molecule is COc1ccc2c(N(CCC#N)C3CC3)nccc2c1. The number of rotatable bonds is 5. The molecular formula is C16H17N3O. The fourth-order valence-electron chi connectivity index (χ4n) is 2.51. The van der Waals surface area contributed by atoms with E-state index < -0.39 is 0 Å². The molecule has 0 spiro atoms. The number of hydrogen-bond acceptors (Lipinski definition) is 4. The van der Waals surface area contributed by atoms with Crippen molar-refractivity contribution in [2.75, 3.05) is 18.6 Å². The van der Waals surface area contributed by atoms with E-state index in [-0.39, 0.29) is 0 Å². The average Bonchev–Trinajstić information content (AvgIpc) is 3.32. The molecule has 1 aromatic heterocycles. The number of nitriles is 1. The quantitative estimate of drug-likeness (QED) is 0.835. The van der Waals surface area contributed by atoms with E-state index in [9.17, 15) is 0 Å². The van der Waals surface area contributed by atoms with Crippen molar-refractivity contribution in [1.82, 2.24) is 4.98 Å². The van der Waals surface area contributed by atoms with E-state index in [2.05, 4.69) is 22.0 Å². The molecule has 1 aromatic carbocycles. The van der Waals surface area contributed by atoms with E-state index in [0.717, 1.165) is 28.9 Å². The van der Waals surface area contributed by atoms with Gasteiger partial charge in [-0.3, -0.25) is 0 Å². The molecule has 0 radical (unpaired) electrons. The van der Waals surface area contributed by atoms with Crippen LogP contribution in [0.4, 0.5) is 5.82 Å². The smallest absolute Gasteiger partial charge is 0.136 e. The van der Waals surface area contributed by atoms with E-state index >= 15 is 0 Å². The van der Waals surface area contributed by atoms with Gasteiger partial charge in [0.25, 0.3) is 0 Å². The van der Waals surface area contributed by atoms with Crippen LogP contribution < -0.4 is 9.64 Å². The monoisotopic (exact) mass is 267 g/mol. The summed E-state index contributed by atoms with van der Waals surface area (Å²) >= 11 is 0. The lowest BCUT2D eigenvalue weighted by molar-refractivity contribution is 0.415. The topological polar surface area (TPSA) is 49.1 Å². The van der Waals surface area contributed by atoms with Crippen molar-refractivity contribution in [2.45, 2.75) is 25.3 Å². The zero-order valence-corrected chi connectivity index (χ0v) is 11.5. The van der Waals surface area contributed by atoms with Gasteiger partial charge in [0.05, 0.1) is 19.6 Å². The molecule has 0 amide bonds. The second-order valence-electron chi connectivity index (χ2n) is 5.05. The highest BCUT2D eigenvalue weighted by molar-refractivity contribution is 5.93. The Kier molecular flexibility index (Phi) is 3.42. The van der Waals surface area contributed by atoms with Gasteiger partial charge in [-0.25, -0.2) is 4.98 Å². The third-order valence-electron chi connectivity index (χ3n) is 3.67. The highest BCUT2D eigenvalue weighted by atomic mass is 16.5. The van der Waals surface area contributed by atoms with Gasteiger partial charge in [0.15, 0.2) is 0 Å². The van der Waals surface area contributed by atoms with Crippen molar-refractivity contribution in [3.63, 3.8) is 0 Å². The molecule has 2 aromatic rings. The Morgan fingerprint density at radius 1 is 1.40 bits per heavy atom. The van der Waals surface area contributed by atoms with Crippen LogP contribution >= 0.6 is 0 Å². The molecule has 1 aliphatic rings. The number of fused-ring (bicyclic) bond motifs is 1. The first-order valence-electron chi connectivity index (χ1n) is 6.90. The summed E-state index contributed by atoms with van der Waals surface area (Å²) < 4.78 is 5.27. The minimum Gasteiger partial charge on any atom is -0.497 e. The van der Waals surface area contributed by atoms with Crippen LogP contribution in [0.5, 0.6) is 5.75 Å². The van der Waals surface area contributed by atoms with Gasteiger partial charge in [0.2, 0.25) is 0 Å². The van der Waals surface area contributed by atoms with Crippen LogP contribution in [0.2, 0.25) is 0 Å². The van der Waals surface area contributed by atoms with Crippen molar-refractivity contribution in [2.24, 2.45) is 0 Å². The number of pyridine rings is 1. The van der Waals surface area contributed by atoms with Gasteiger partial charge in [0.1, 0.15) is 11.6 Å². The van der Waals surface area contributed by atoms with Gasteiger partial charge in [-0.05, 0) is 42.5 Å². The minimum atomic E-state index is 0.532. The lowest BCUT2D eigenvalue weighted by atomic mass is 10.1. The van der Waals surface area contributed by atoms with Crippen molar-refractivity contribution >= 4 is 16.6 Å². The Hall–Kier alpha value is -2.28. The Bertz CT molecular complexity index is 658. The van der Waals surface area contributed by atoms with Gasteiger partial charge < -0.3 is 9.64 Å². The Balaban J connectivity index is 2.03. The third-order valence-corrected chi connectivity index (χ3v) is 3.67. The fraction of sp³-hybridized carbons (Fsp3) is 0.375. The molecular weight excluding hydrogens is 250 g/mol. The number of benzene rings is 1. The van der Waals surface area contributed by atoms with Gasteiger partial charge >= 0.3 is 0 Å². The number of methoxy groups -OCH3 is 1. The first-order valence-corrected chi connectivity index (χ1v) is 6.90. The molecule has 1 heterocycles. The van der Waals surface area contributed by atoms with Gasteiger partial charge in [-0.2, -0.15) is 5.26 Å². The molecule has 0 bridgehead atoms. The van der Waals surface area contributed by atoms with E-state index in [1.165, 1.54) is 12.8 Å². The molecule has 0 N–H and O–H groups in total. The van der Waals surface area contributed by atoms with Crippen LogP contribution in [0, 0.1) is 11.3 Å². The van der Waals surface area contributed by atoms with Crippen LogP contribution in [0.1, 0.15) is 19.3 Å². The lowest BCUT2D eigenvalue weighted by Crippen LogP contribution is -2.27. The summed E-state index contributed by atoms with van der Waals surface area (Å²) in [6.07, 6.45) is 4.75. The summed E-state index contributed by atoms with van der Waals surface area (Å²) in [5, 5.41) is 11.1. The summed E-state index contributed by atoms with van der Waals surface area (Å²) in [5.41, 5.74) is 0. The maximum atomic E-state index is 8.83. The maximum absolute atomic E-state index is 8.83. The van der Waals surface area contributed by atoms with E-state index in [1.54, 1.807) is 7.11 Å². The van der Waals surface area contributed by atoms with Crippen molar-refractivity contribution in [3.05, 3.63) is 30.5 Å². The molecule has 0 atom stereocenters. The lowest BCUT2D eigenvalue weighted by Gasteiger charge is -2.23. The molecule has 1 fully saturated rings. The zero-order valence-electron chi connectivity index (χ0n) is 11.5. The second kappa shape index (κ2) is 5.38. The van der Waals surface area contributed by atoms with Crippen LogP contribution in [-0.4, -0.2) is 24.7 Å². The predicted molar refractivity (Wildman–Crippen MR) is 78.9 cm³/mol. The summed E-state index contributed by atoms with van der Waals surface area (Å²) in [5.74, 6) is 1.84. The number of aromatic nitrogens is 1. The first-order chi connectivity index (χ1) is 9.83. The van der Waals surface area contributed by atoms with Crippen LogP contribution in [0.15, 0.2) is 30.5 Å². The largest absolute Gasteiger partial charge is 0.497 e. The molecule has 0 unspecified atom stereocenters. The average molecular weight is 267 g/mol. The van der Waals surface area contributed by atoms with Gasteiger partial charge in [-0.15, -0.1) is 0 Å². The molecule has 0 saturated heterocycles. The fourth-order valence-corrected chi connectivity index (χ4v) is 2.51.